The normalized spacial score (nSPS) is 19.9. The third-order valence-electron chi connectivity index (χ3n) is 13.2. The zero-order valence-corrected chi connectivity index (χ0v) is 37.1. The van der Waals surface area contributed by atoms with Crippen LogP contribution in [0, 0.1) is 5.92 Å². The molecule has 5 heterocycles. The zero-order chi connectivity index (χ0) is 45.4. The van der Waals surface area contributed by atoms with Crippen LogP contribution in [0.4, 0.5) is 15.3 Å². The quantitative estimate of drug-likeness (QED) is 0.120. The highest BCUT2D eigenvalue weighted by Gasteiger charge is 2.43. The largest absolute Gasteiger partial charge is 0.488 e. The molecule has 4 aliphatic heterocycles. The summed E-state index contributed by atoms with van der Waals surface area (Å²) in [5.41, 5.74) is 8.44. The van der Waals surface area contributed by atoms with Gasteiger partial charge in [0.15, 0.2) is 0 Å². The number of carbonyl (C=O) groups is 4. The van der Waals surface area contributed by atoms with E-state index in [0.717, 1.165) is 74.3 Å². The Balaban J connectivity index is 0.937. The van der Waals surface area contributed by atoms with Gasteiger partial charge >= 0.3 is 12.2 Å². The van der Waals surface area contributed by atoms with E-state index in [1.54, 1.807) is 25.1 Å². The van der Waals surface area contributed by atoms with Crippen LogP contribution >= 0.6 is 0 Å². The highest BCUT2D eigenvalue weighted by molar-refractivity contribution is 6.06. The van der Waals surface area contributed by atoms with E-state index in [9.17, 15) is 19.2 Å². The Morgan fingerprint density at radius 1 is 0.892 bits per heavy atom. The molecule has 16 heteroatoms. The lowest BCUT2D eigenvalue weighted by molar-refractivity contribution is -0.138. The number of carbonyl (C=O) groups excluding carboxylic acids is 4. The molecule has 4 aromatic carbocycles. The van der Waals surface area contributed by atoms with Crippen LogP contribution in [0.5, 0.6) is 5.75 Å². The van der Waals surface area contributed by atoms with Crippen LogP contribution in [0.15, 0.2) is 84.0 Å². The predicted molar refractivity (Wildman–Crippen MR) is 242 cm³/mol. The van der Waals surface area contributed by atoms with E-state index in [-0.39, 0.29) is 29.8 Å². The van der Waals surface area contributed by atoms with E-state index in [1.165, 1.54) is 21.3 Å². The van der Waals surface area contributed by atoms with Gasteiger partial charge in [0.05, 0.1) is 56.6 Å². The van der Waals surface area contributed by atoms with Crippen LogP contribution in [-0.4, -0.2) is 116 Å². The summed E-state index contributed by atoms with van der Waals surface area (Å²) in [6.07, 6.45) is 2.64. The molecule has 5 aromatic rings. The van der Waals surface area contributed by atoms with Crippen molar-refractivity contribution >= 4 is 46.2 Å². The van der Waals surface area contributed by atoms with Gasteiger partial charge in [0, 0.05) is 50.9 Å². The zero-order valence-electron chi connectivity index (χ0n) is 37.1. The first kappa shape index (κ1) is 43.5. The second kappa shape index (κ2) is 18.4. The number of methoxy groups -OCH3 is 4. The molecule has 0 spiro atoms. The number of nitrogens with zero attached hydrogens (tertiary/aromatic N) is 4. The van der Waals surface area contributed by atoms with Crippen molar-refractivity contribution in [2.24, 2.45) is 10.9 Å². The topological polar surface area (TPSA) is 186 Å². The van der Waals surface area contributed by atoms with Gasteiger partial charge in [-0.1, -0.05) is 48.5 Å². The molecule has 0 bridgehead atoms. The lowest BCUT2D eigenvalue weighted by Crippen LogP contribution is -2.54. The minimum absolute atomic E-state index is 0.0663. The van der Waals surface area contributed by atoms with Crippen LogP contribution in [0.3, 0.4) is 0 Å². The third-order valence-corrected chi connectivity index (χ3v) is 13.2. The average molecular weight is 884 g/mol. The van der Waals surface area contributed by atoms with Crippen LogP contribution in [-0.2, 0) is 41.6 Å². The molecule has 16 nitrogen and oxygen atoms in total. The molecule has 6 atom stereocenters. The summed E-state index contributed by atoms with van der Waals surface area (Å²) >= 11 is 0. The number of aromatic amines is 1. The van der Waals surface area contributed by atoms with Crippen molar-refractivity contribution in [1.29, 1.82) is 0 Å². The van der Waals surface area contributed by atoms with Crippen LogP contribution in [0.25, 0.3) is 33.2 Å². The molecule has 65 heavy (non-hydrogen) atoms. The van der Waals surface area contributed by atoms with Crippen molar-refractivity contribution in [2.75, 3.05) is 48.1 Å². The second-order valence-corrected chi connectivity index (χ2v) is 17.0. The Hall–Kier alpha value is -6.78. The fraction of sp³-hybridized carbons (Fsp3) is 0.388. The van der Waals surface area contributed by atoms with Crippen molar-refractivity contribution in [1.82, 2.24) is 30.4 Å². The van der Waals surface area contributed by atoms with Crippen molar-refractivity contribution in [3.8, 4) is 28.1 Å². The Morgan fingerprint density at radius 2 is 1.69 bits per heavy atom. The van der Waals surface area contributed by atoms with Crippen molar-refractivity contribution < 1.29 is 42.9 Å². The van der Waals surface area contributed by atoms with Gasteiger partial charge in [0.1, 0.15) is 30.3 Å². The monoisotopic (exact) mass is 883 g/mol. The molecule has 3 N–H and O–H groups in total. The number of ether oxygens (including phenoxy) is 5. The highest BCUT2D eigenvalue weighted by atomic mass is 16.5. The van der Waals surface area contributed by atoms with Crippen molar-refractivity contribution in [3.63, 3.8) is 0 Å². The van der Waals surface area contributed by atoms with Crippen LogP contribution < -0.4 is 15.4 Å². The number of hydrogen-bond donors (Lipinski definition) is 3. The first-order valence-electron chi connectivity index (χ1n) is 21.9. The lowest BCUT2D eigenvalue weighted by Gasteiger charge is -2.30. The van der Waals surface area contributed by atoms with Crippen LogP contribution in [0.2, 0.25) is 0 Å². The summed E-state index contributed by atoms with van der Waals surface area (Å²) in [4.78, 5) is 69.8. The van der Waals surface area contributed by atoms with E-state index in [0.29, 0.717) is 50.5 Å². The summed E-state index contributed by atoms with van der Waals surface area (Å²) in [6.45, 7) is 3.57. The fourth-order valence-electron chi connectivity index (χ4n) is 9.86. The average Bonchev–Trinajstić information content (AvgIpc) is 4.18. The Labute approximate surface area is 376 Å². The fourth-order valence-corrected chi connectivity index (χ4v) is 9.86. The molecular formula is C49H53N7O9. The molecule has 2 saturated heterocycles. The van der Waals surface area contributed by atoms with E-state index in [1.807, 2.05) is 35.2 Å². The standard InChI is InChI=1S/C49H53N7O9/c1-27(62-3)43(53-48(59)63-4)46(57)56-24-28(25-61-2)18-41(56)45-50-23-39(52-45)31-13-15-33-32(19-31)26-65-42-22-34-30(20-36(33)42)14-16-37-35(34)21-38(51-37)40-12-9-17-55(40)47(58)44(54-49(60)64-5)29-10-7-6-8-11-29/h6-8,10-11,13-16,19-20,22-23,27-28,40-41,43-44H,9,12,17-18,21,24-26H2,1-5H3,(H,50,52)(H,53,59)(H,54,60)/t27-,28+,40+,41+,43+,44-/m1/s1. The molecule has 0 radical (unpaired) electrons. The highest BCUT2D eigenvalue weighted by Crippen LogP contribution is 2.45. The number of amides is 4. The molecule has 0 saturated carbocycles. The Morgan fingerprint density at radius 3 is 2.46 bits per heavy atom. The molecule has 9 rings (SSSR count). The number of benzene rings is 4. The molecule has 2 fully saturated rings. The summed E-state index contributed by atoms with van der Waals surface area (Å²) < 4.78 is 27.1. The van der Waals surface area contributed by atoms with E-state index in [4.69, 9.17) is 33.7 Å². The first-order valence-corrected chi connectivity index (χ1v) is 21.9. The van der Waals surface area contributed by atoms with E-state index >= 15 is 0 Å². The SMILES string of the molecule is COC[C@H]1C[C@@H](c2ncc(-c3ccc4c(c3)COc3cc5c6c(ccc5cc3-4)N=C([C@@H]3CCCN3C(=O)[C@H](NC(=O)OC)c3ccccc3)C6)[nH]2)N(C(=O)[C@@H](NC(=O)OC)[C@@H](C)OC)C1. The number of nitrogens with one attached hydrogen (secondary N) is 3. The number of H-pyrrole nitrogens is 1. The molecule has 0 aliphatic carbocycles. The predicted octanol–water partition coefficient (Wildman–Crippen LogP) is 6.80. The van der Waals surface area contributed by atoms with Gasteiger partial charge in [0.25, 0.3) is 0 Å². The number of imidazole rings is 1. The number of likely N-dealkylation sites (tertiary alicyclic amines) is 2. The number of hydrogen-bond acceptors (Lipinski definition) is 11. The third kappa shape index (κ3) is 8.39. The van der Waals surface area contributed by atoms with Gasteiger partial charge < -0.3 is 49.1 Å². The van der Waals surface area contributed by atoms with Gasteiger partial charge in [-0.2, -0.15) is 0 Å². The van der Waals surface area contributed by atoms with Crippen molar-refractivity contribution in [3.05, 3.63) is 102 Å². The maximum absolute atomic E-state index is 14.2. The summed E-state index contributed by atoms with van der Waals surface area (Å²) in [5, 5.41) is 7.53. The minimum atomic E-state index is -0.962. The summed E-state index contributed by atoms with van der Waals surface area (Å²) in [5.74, 6) is 1.01. The molecule has 0 unspecified atom stereocenters. The Bertz CT molecular complexity index is 2670. The minimum Gasteiger partial charge on any atom is -0.488 e. The molecule has 338 valence electrons. The van der Waals surface area contributed by atoms with Crippen LogP contribution in [0.1, 0.15) is 60.8 Å². The maximum Gasteiger partial charge on any atom is 0.407 e. The van der Waals surface area contributed by atoms with Gasteiger partial charge in [0.2, 0.25) is 11.8 Å². The van der Waals surface area contributed by atoms with Gasteiger partial charge in [-0.05, 0) is 89.0 Å². The van der Waals surface area contributed by atoms with Gasteiger partial charge in [-0.25, -0.2) is 14.6 Å². The smallest absolute Gasteiger partial charge is 0.407 e. The summed E-state index contributed by atoms with van der Waals surface area (Å²) in [7, 11) is 5.68. The maximum atomic E-state index is 14.2. The molecule has 4 aliphatic rings. The van der Waals surface area contributed by atoms with Gasteiger partial charge in [-0.15, -0.1) is 0 Å². The summed E-state index contributed by atoms with van der Waals surface area (Å²) in [6, 6.07) is 21.5. The second-order valence-electron chi connectivity index (χ2n) is 17.0. The number of aliphatic imine (C=N–C) groups is 1. The molecule has 4 amide bonds. The Kier molecular flexibility index (Phi) is 12.3. The molecular weight excluding hydrogens is 831 g/mol. The lowest BCUT2D eigenvalue weighted by atomic mass is 9.90. The van der Waals surface area contributed by atoms with E-state index < -0.39 is 30.4 Å². The molecule has 1 aromatic heterocycles. The van der Waals surface area contributed by atoms with Gasteiger partial charge in [-0.3, -0.25) is 14.6 Å². The number of fused-ring (bicyclic) bond motifs is 6. The number of rotatable bonds is 12. The van der Waals surface area contributed by atoms with Crippen molar-refractivity contribution in [2.45, 2.75) is 69.5 Å². The number of aromatic nitrogens is 2. The van der Waals surface area contributed by atoms with E-state index in [2.05, 4.69) is 58.1 Å². The number of alkyl carbamates (subject to hydrolysis) is 2. The first-order chi connectivity index (χ1) is 31.6.